The summed E-state index contributed by atoms with van der Waals surface area (Å²) in [5.74, 6) is 0.712. The maximum Gasteiger partial charge on any atom is 0.266 e. The molecule has 0 saturated carbocycles. The Morgan fingerprint density at radius 1 is 0.967 bits per heavy atom. The van der Waals surface area contributed by atoms with Crippen LogP contribution in [0.5, 0.6) is 5.75 Å². The normalized spacial score (nSPS) is 15.1. The first-order valence-corrected chi connectivity index (χ1v) is 10.9. The topological polar surface area (TPSA) is 29.5 Å². The SMILES string of the molecule is Cc1ccc(COc2cccc(/C=C3/SC(=S)N(Cc4ccccc4)C3=O)c2)cc1. The second kappa shape index (κ2) is 9.28. The third kappa shape index (κ3) is 4.99. The van der Waals surface area contributed by atoms with E-state index in [9.17, 15) is 4.79 Å². The van der Waals surface area contributed by atoms with Crippen molar-refractivity contribution in [1.82, 2.24) is 4.90 Å². The third-order valence-corrected chi connectivity index (χ3v) is 6.12. The molecule has 0 N–H and O–H groups in total. The average molecular weight is 432 g/mol. The number of benzene rings is 3. The van der Waals surface area contributed by atoms with E-state index in [0.29, 0.717) is 22.4 Å². The van der Waals surface area contributed by atoms with E-state index in [1.54, 1.807) is 4.90 Å². The molecule has 0 radical (unpaired) electrons. The molecule has 0 bridgehead atoms. The Hall–Kier alpha value is -2.89. The number of carbonyl (C=O) groups excluding carboxylic acids is 1. The zero-order valence-electron chi connectivity index (χ0n) is 16.6. The zero-order valence-corrected chi connectivity index (χ0v) is 18.2. The molecule has 0 atom stereocenters. The predicted molar refractivity (Wildman–Crippen MR) is 127 cm³/mol. The first-order valence-electron chi connectivity index (χ1n) is 9.66. The molecular formula is C25H21NO2S2. The summed E-state index contributed by atoms with van der Waals surface area (Å²) in [6.07, 6.45) is 1.88. The Labute approximate surface area is 186 Å². The fraction of sp³-hybridized carbons (Fsp3) is 0.120. The number of hydrogen-bond donors (Lipinski definition) is 0. The van der Waals surface area contributed by atoms with E-state index in [1.807, 2.05) is 60.7 Å². The molecule has 150 valence electrons. The number of aryl methyl sites for hydroxylation is 1. The number of ether oxygens (including phenoxy) is 1. The van der Waals surface area contributed by atoms with Crippen LogP contribution < -0.4 is 4.74 Å². The van der Waals surface area contributed by atoms with Crippen LogP contribution in [0.15, 0.2) is 83.8 Å². The highest BCUT2D eigenvalue weighted by molar-refractivity contribution is 8.26. The van der Waals surface area contributed by atoms with Crippen molar-refractivity contribution in [2.45, 2.75) is 20.1 Å². The van der Waals surface area contributed by atoms with E-state index < -0.39 is 0 Å². The van der Waals surface area contributed by atoms with Gasteiger partial charge in [-0.2, -0.15) is 0 Å². The van der Waals surface area contributed by atoms with Gasteiger partial charge in [-0.3, -0.25) is 9.69 Å². The van der Waals surface area contributed by atoms with Gasteiger partial charge in [-0.1, -0.05) is 96.3 Å². The maximum atomic E-state index is 12.9. The summed E-state index contributed by atoms with van der Waals surface area (Å²) in [7, 11) is 0. The highest BCUT2D eigenvalue weighted by Crippen LogP contribution is 2.34. The van der Waals surface area contributed by atoms with Gasteiger partial charge in [-0.15, -0.1) is 0 Å². The lowest BCUT2D eigenvalue weighted by Gasteiger charge is -2.14. The molecule has 0 spiro atoms. The fourth-order valence-corrected chi connectivity index (χ4v) is 4.35. The fourth-order valence-electron chi connectivity index (χ4n) is 3.10. The van der Waals surface area contributed by atoms with E-state index in [2.05, 4.69) is 31.2 Å². The molecule has 1 saturated heterocycles. The number of carbonyl (C=O) groups is 1. The molecule has 30 heavy (non-hydrogen) atoms. The number of thiocarbonyl (C=S) groups is 1. The zero-order chi connectivity index (χ0) is 20.9. The van der Waals surface area contributed by atoms with Gasteiger partial charge in [0.15, 0.2) is 0 Å². The quantitative estimate of drug-likeness (QED) is 0.355. The van der Waals surface area contributed by atoms with Gasteiger partial charge in [0.25, 0.3) is 5.91 Å². The van der Waals surface area contributed by atoms with Crippen LogP contribution in [0.3, 0.4) is 0 Å². The molecule has 5 heteroatoms. The van der Waals surface area contributed by atoms with Crippen LogP contribution in [0.1, 0.15) is 22.3 Å². The van der Waals surface area contributed by atoms with Crippen LogP contribution in [0, 0.1) is 6.92 Å². The molecule has 1 aliphatic heterocycles. The predicted octanol–water partition coefficient (Wildman–Crippen LogP) is 5.98. The Bertz CT molecular complexity index is 1090. The Morgan fingerprint density at radius 3 is 2.50 bits per heavy atom. The number of hydrogen-bond acceptors (Lipinski definition) is 4. The Morgan fingerprint density at radius 2 is 1.73 bits per heavy atom. The van der Waals surface area contributed by atoms with Crippen LogP contribution >= 0.6 is 24.0 Å². The number of amides is 1. The summed E-state index contributed by atoms with van der Waals surface area (Å²) in [5.41, 5.74) is 4.32. The Balaban J connectivity index is 1.45. The van der Waals surface area contributed by atoms with E-state index in [1.165, 1.54) is 17.3 Å². The maximum absolute atomic E-state index is 12.9. The third-order valence-electron chi connectivity index (χ3n) is 4.74. The molecule has 4 rings (SSSR count). The summed E-state index contributed by atoms with van der Waals surface area (Å²) in [6, 6.07) is 25.9. The van der Waals surface area contributed by atoms with Crippen LogP contribution in [0.2, 0.25) is 0 Å². The van der Waals surface area contributed by atoms with Gasteiger partial charge in [-0.05, 0) is 41.8 Å². The van der Waals surface area contributed by atoms with Gasteiger partial charge in [0.2, 0.25) is 0 Å². The van der Waals surface area contributed by atoms with Crippen molar-refractivity contribution >= 4 is 40.3 Å². The molecule has 0 unspecified atom stereocenters. The van der Waals surface area contributed by atoms with Gasteiger partial charge >= 0.3 is 0 Å². The summed E-state index contributed by atoms with van der Waals surface area (Å²) in [4.78, 5) is 15.1. The first kappa shape index (κ1) is 20.4. The van der Waals surface area contributed by atoms with Crippen molar-refractivity contribution in [3.8, 4) is 5.75 Å². The van der Waals surface area contributed by atoms with Crippen molar-refractivity contribution in [2.75, 3.05) is 0 Å². The molecule has 3 aromatic carbocycles. The standard InChI is InChI=1S/C25H21NO2S2/c1-18-10-12-20(13-11-18)17-28-22-9-5-8-21(14-22)15-23-24(27)26(25(29)30-23)16-19-6-3-2-4-7-19/h2-15H,16-17H2,1H3/b23-15+. The molecular weight excluding hydrogens is 410 g/mol. The van der Waals surface area contributed by atoms with Gasteiger partial charge in [0, 0.05) is 0 Å². The monoisotopic (exact) mass is 431 g/mol. The number of rotatable bonds is 6. The van der Waals surface area contributed by atoms with Crippen molar-refractivity contribution in [3.05, 3.63) is 106 Å². The largest absolute Gasteiger partial charge is 0.489 e. The molecule has 1 heterocycles. The van der Waals surface area contributed by atoms with Gasteiger partial charge in [-0.25, -0.2) is 0 Å². The number of thioether (sulfide) groups is 1. The van der Waals surface area contributed by atoms with Crippen LogP contribution in [0.4, 0.5) is 0 Å². The van der Waals surface area contributed by atoms with Gasteiger partial charge in [0.05, 0.1) is 11.4 Å². The highest BCUT2D eigenvalue weighted by atomic mass is 32.2. The molecule has 1 fully saturated rings. The lowest BCUT2D eigenvalue weighted by atomic mass is 10.1. The summed E-state index contributed by atoms with van der Waals surface area (Å²) in [5, 5.41) is 0. The summed E-state index contributed by atoms with van der Waals surface area (Å²) in [6.45, 7) is 3.06. The summed E-state index contributed by atoms with van der Waals surface area (Å²) < 4.78 is 6.51. The average Bonchev–Trinajstić information content (AvgIpc) is 3.02. The highest BCUT2D eigenvalue weighted by Gasteiger charge is 2.31. The van der Waals surface area contributed by atoms with Crippen molar-refractivity contribution < 1.29 is 9.53 Å². The lowest BCUT2D eigenvalue weighted by Crippen LogP contribution is -2.27. The van der Waals surface area contributed by atoms with E-state index in [0.717, 1.165) is 22.4 Å². The van der Waals surface area contributed by atoms with Crippen LogP contribution in [-0.4, -0.2) is 15.1 Å². The van der Waals surface area contributed by atoms with Crippen molar-refractivity contribution in [3.63, 3.8) is 0 Å². The second-order valence-electron chi connectivity index (χ2n) is 7.10. The molecule has 3 aromatic rings. The van der Waals surface area contributed by atoms with Gasteiger partial charge < -0.3 is 4.74 Å². The molecule has 1 amide bonds. The summed E-state index contributed by atoms with van der Waals surface area (Å²) >= 11 is 6.78. The van der Waals surface area contributed by atoms with Gasteiger partial charge in [0.1, 0.15) is 16.7 Å². The van der Waals surface area contributed by atoms with Crippen LogP contribution in [-0.2, 0) is 17.9 Å². The van der Waals surface area contributed by atoms with E-state index >= 15 is 0 Å². The minimum absolute atomic E-state index is 0.0557. The molecule has 3 nitrogen and oxygen atoms in total. The molecule has 1 aliphatic rings. The Kier molecular flexibility index (Phi) is 6.31. The van der Waals surface area contributed by atoms with E-state index in [-0.39, 0.29) is 5.91 Å². The van der Waals surface area contributed by atoms with Crippen molar-refractivity contribution in [2.24, 2.45) is 0 Å². The van der Waals surface area contributed by atoms with E-state index in [4.69, 9.17) is 17.0 Å². The smallest absolute Gasteiger partial charge is 0.266 e. The molecule has 0 aromatic heterocycles. The van der Waals surface area contributed by atoms with Crippen molar-refractivity contribution in [1.29, 1.82) is 0 Å². The van der Waals surface area contributed by atoms with Crippen LogP contribution in [0.25, 0.3) is 6.08 Å². The minimum Gasteiger partial charge on any atom is -0.489 e. The first-order chi connectivity index (χ1) is 14.6. The number of nitrogens with zero attached hydrogens (tertiary/aromatic N) is 1. The second-order valence-corrected chi connectivity index (χ2v) is 8.78. The minimum atomic E-state index is -0.0557. The molecule has 0 aliphatic carbocycles. The lowest BCUT2D eigenvalue weighted by molar-refractivity contribution is -0.122.